The van der Waals surface area contributed by atoms with Gasteiger partial charge >= 0.3 is 27.3 Å². The highest BCUT2D eigenvalue weighted by atomic mass is 32.5. The predicted molar refractivity (Wildman–Crippen MR) is 143 cm³/mol. The van der Waals surface area contributed by atoms with E-state index in [1.807, 2.05) is 0 Å². The Labute approximate surface area is 227 Å². The van der Waals surface area contributed by atoms with E-state index in [2.05, 4.69) is 56.7 Å². The van der Waals surface area contributed by atoms with E-state index in [1.165, 1.54) is 26.0 Å². The first-order valence-electron chi connectivity index (χ1n) is 11.5. The summed E-state index contributed by atoms with van der Waals surface area (Å²) >= 11 is 4.42. The maximum Gasteiger partial charge on any atom is 0.444 e. The zero-order valence-electron chi connectivity index (χ0n) is 21.1. The van der Waals surface area contributed by atoms with Gasteiger partial charge in [-0.2, -0.15) is 13.8 Å². The lowest BCUT2D eigenvalue weighted by molar-refractivity contribution is 0.104. The number of nitrogens with zero attached hydrogens (tertiary/aromatic N) is 4. The fraction of sp³-hybridized carbons (Fsp3) is 0.611. The van der Waals surface area contributed by atoms with Crippen molar-refractivity contribution in [1.82, 2.24) is 24.4 Å². The largest absolute Gasteiger partial charge is 0.444 e. The van der Waals surface area contributed by atoms with Crippen LogP contribution in [0.2, 0.25) is 0 Å². The van der Waals surface area contributed by atoms with Gasteiger partial charge in [0.2, 0.25) is 5.95 Å². The molecule has 0 aromatic carbocycles. The van der Waals surface area contributed by atoms with Crippen molar-refractivity contribution in [2.45, 2.75) is 38.6 Å². The van der Waals surface area contributed by atoms with Gasteiger partial charge in [0.1, 0.15) is 0 Å². The first-order chi connectivity index (χ1) is 17.9. The molecule has 3 rings (SSSR count). The van der Waals surface area contributed by atoms with E-state index in [1.54, 1.807) is 16.7 Å². The van der Waals surface area contributed by atoms with Crippen molar-refractivity contribution in [1.29, 1.82) is 0 Å². The van der Waals surface area contributed by atoms with E-state index in [0.717, 1.165) is 0 Å². The molecule has 0 bridgehead atoms. The Hall–Kier alpha value is -1.42. The highest BCUT2D eigenvalue weighted by molar-refractivity contribution is 8.08. The van der Waals surface area contributed by atoms with Crippen LogP contribution < -0.4 is 11.3 Å². The number of H-pyrrole nitrogens is 1. The smallest absolute Gasteiger partial charge is 0.369 e. The third kappa shape index (κ3) is 8.30. The summed E-state index contributed by atoms with van der Waals surface area (Å²) in [6.45, 7) is 4.89. The number of allylic oxidation sites excluding steroid dienone is 1. The van der Waals surface area contributed by atoms with Gasteiger partial charge in [0.05, 0.1) is 19.0 Å². The van der Waals surface area contributed by atoms with E-state index in [9.17, 15) is 32.5 Å². The summed E-state index contributed by atoms with van der Waals surface area (Å²) in [5.74, 6) is -0.611. The number of alkyl halides is 2. The number of fused-ring (bicyclic) bond motifs is 1. The number of aromatic amines is 1. The minimum absolute atomic E-state index is 0.0521. The Balaban J connectivity index is 0.000000673. The molecule has 2 unspecified atom stereocenters. The summed E-state index contributed by atoms with van der Waals surface area (Å²) in [5.41, 5.74) is 5.27. The molecule has 4 atom stereocenters. The molecule has 7 N–H and O–H groups in total. The van der Waals surface area contributed by atoms with Crippen molar-refractivity contribution >= 4 is 50.8 Å². The second kappa shape index (κ2) is 13.0. The van der Waals surface area contributed by atoms with Gasteiger partial charge < -0.3 is 39.3 Å². The normalized spacial score (nSPS) is 21.0. The highest BCUT2D eigenvalue weighted by Gasteiger charge is 2.66. The number of halogens is 2. The van der Waals surface area contributed by atoms with Crippen LogP contribution >= 0.6 is 21.9 Å². The minimum Gasteiger partial charge on any atom is -0.369 e. The van der Waals surface area contributed by atoms with Gasteiger partial charge in [0.15, 0.2) is 11.2 Å². The Morgan fingerprint density at radius 3 is 2.31 bits per heavy atom. The molecule has 2 aromatic heterocycles. The minimum atomic E-state index is -6.41. The first-order valence-corrected chi connectivity index (χ1v) is 17.2. The summed E-state index contributed by atoms with van der Waals surface area (Å²) < 4.78 is 59.7. The lowest BCUT2D eigenvalue weighted by Crippen LogP contribution is -2.21. The molecule has 0 radical (unpaired) electrons. The lowest BCUT2D eigenvalue weighted by atomic mass is 10.1. The fourth-order valence-electron chi connectivity index (χ4n) is 3.51. The van der Waals surface area contributed by atoms with Gasteiger partial charge in [0.25, 0.3) is 5.56 Å². The number of anilines is 1. The van der Waals surface area contributed by atoms with Gasteiger partial charge in [-0.1, -0.05) is 32.9 Å². The van der Waals surface area contributed by atoms with Crippen LogP contribution in [0.1, 0.15) is 33.2 Å². The number of hydrogen-bond acceptors (Lipinski definition) is 10. The van der Waals surface area contributed by atoms with Gasteiger partial charge in [-0.15, -0.1) is 0 Å². The molecule has 0 fully saturated rings. The van der Waals surface area contributed by atoms with Crippen LogP contribution in [0.15, 0.2) is 23.3 Å². The summed E-state index contributed by atoms with van der Waals surface area (Å²) in [6, 6.07) is -0.386. The number of imidazole rings is 1. The van der Waals surface area contributed by atoms with E-state index in [0.29, 0.717) is 0 Å². The molecule has 0 saturated carbocycles. The zero-order chi connectivity index (χ0) is 29.8. The van der Waals surface area contributed by atoms with E-state index in [-0.39, 0.29) is 29.6 Å². The average Bonchev–Trinajstić information content (AvgIpc) is 3.45. The lowest BCUT2D eigenvalue weighted by Gasteiger charge is -2.26. The number of nitrogen functional groups attached to an aromatic ring is 1. The van der Waals surface area contributed by atoms with Crippen LogP contribution in [0.3, 0.4) is 0 Å². The van der Waals surface area contributed by atoms with Gasteiger partial charge in [-0.05, 0) is 37.9 Å². The molecule has 1 aliphatic carbocycles. The maximum atomic E-state index is 13.5. The van der Waals surface area contributed by atoms with Gasteiger partial charge in [-0.3, -0.25) is 18.9 Å². The number of hydrogen-bond donors (Lipinski definition) is 6. The molecule has 0 aliphatic heterocycles. The third-order valence-corrected chi connectivity index (χ3v) is 11.7. The van der Waals surface area contributed by atoms with Crippen molar-refractivity contribution in [2.24, 2.45) is 5.92 Å². The Morgan fingerprint density at radius 2 is 1.79 bits per heavy atom. The standard InChI is InChI=1S/C12H16F2N5O9P3S.C6H15N/c13-12(14,29(21,22)23)30(24,25)28-31(26,32)27-4-6-1-2-7(3-6)19-5-16-8-9(19)17-11(15)18-10(8)20;1-4-7(5-2)6-3/h1-2,5-7H,3-4H2,(H,24,25)(H,26,32)(H2,21,22,23)(H3,15,17,18,20);4-6H2,1-3H3/t6-,7+,31?;/m1./s1. The molecule has 0 amide bonds. The van der Waals surface area contributed by atoms with Crippen LogP contribution in [-0.2, 0) is 29.8 Å². The van der Waals surface area contributed by atoms with E-state index >= 15 is 0 Å². The average molecular weight is 638 g/mol. The molecule has 15 nitrogen and oxygen atoms in total. The first kappa shape index (κ1) is 33.8. The molecule has 222 valence electrons. The number of nitrogens with two attached hydrogens (primary N) is 1. The van der Waals surface area contributed by atoms with E-state index < -0.39 is 45.4 Å². The SMILES string of the molecule is CCN(CC)CC.Nc1nc2c(ncn2[C@H]2C=C[C@@H](COP(O)(=S)OP(=O)(O)C(F)(F)P(=O)(O)O)C2)c(=O)[nH]1. The summed E-state index contributed by atoms with van der Waals surface area (Å²) in [6.07, 6.45) is 4.92. The molecular formula is C18H31F2N6O9P3S. The van der Waals surface area contributed by atoms with Crippen LogP contribution in [-0.4, -0.2) is 75.6 Å². The van der Waals surface area contributed by atoms with Crippen molar-refractivity contribution in [3.63, 3.8) is 0 Å². The maximum absolute atomic E-state index is 13.5. The quantitative estimate of drug-likeness (QED) is 0.153. The second-order valence-corrected chi connectivity index (χ2v) is 15.1. The van der Waals surface area contributed by atoms with Crippen molar-refractivity contribution in [3.05, 3.63) is 28.8 Å². The molecule has 21 heteroatoms. The summed E-state index contributed by atoms with van der Waals surface area (Å²) in [4.78, 5) is 60.8. The molecule has 0 saturated heterocycles. The highest BCUT2D eigenvalue weighted by Crippen LogP contribution is 2.77. The summed E-state index contributed by atoms with van der Waals surface area (Å²) in [5, 5.41) is -5.50. The fourth-order valence-corrected chi connectivity index (χ4v) is 8.23. The molecule has 2 aromatic rings. The van der Waals surface area contributed by atoms with Crippen LogP contribution in [0.5, 0.6) is 0 Å². The van der Waals surface area contributed by atoms with Crippen molar-refractivity contribution in [3.8, 4) is 0 Å². The number of aromatic nitrogens is 4. The van der Waals surface area contributed by atoms with Gasteiger partial charge in [0, 0.05) is 5.92 Å². The van der Waals surface area contributed by atoms with Crippen LogP contribution in [0, 0.1) is 5.92 Å². The van der Waals surface area contributed by atoms with Gasteiger partial charge in [-0.25, -0.2) is 9.29 Å². The van der Waals surface area contributed by atoms with Crippen LogP contribution in [0.25, 0.3) is 11.2 Å². The molecule has 1 aliphatic rings. The molecule has 39 heavy (non-hydrogen) atoms. The third-order valence-electron chi connectivity index (χ3n) is 5.66. The summed E-state index contributed by atoms with van der Waals surface area (Å²) in [7, 11) is -12.8. The number of rotatable bonds is 11. The Morgan fingerprint density at radius 1 is 1.21 bits per heavy atom. The Bertz CT molecular complexity index is 1370. The molecule has 2 heterocycles. The van der Waals surface area contributed by atoms with E-state index in [4.69, 9.17) is 20.0 Å². The number of nitrogens with one attached hydrogen (secondary N) is 1. The predicted octanol–water partition coefficient (Wildman–Crippen LogP) is 2.33. The van der Waals surface area contributed by atoms with Crippen molar-refractivity contribution < 1.29 is 46.3 Å². The zero-order valence-corrected chi connectivity index (χ0v) is 24.6. The Kier molecular flexibility index (Phi) is 11.3. The molecule has 0 spiro atoms. The monoisotopic (exact) mass is 638 g/mol. The molecular weight excluding hydrogens is 607 g/mol. The topological polar surface area (TPSA) is 226 Å². The second-order valence-electron chi connectivity index (χ2n) is 8.26. The van der Waals surface area contributed by atoms with Crippen molar-refractivity contribution in [2.75, 3.05) is 32.0 Å². The van der Waals surface area contributed by atoms with Crippen LogP contribution in [0.4, 0.5) is 14.7 Å².